The molecule has 0 aliphatic heterocycles. The van der Waals surface area contributed by atoms with Crippen molar-refractivity contribution in [2.75, 3.05) is 11.1 Å². The standard InChI is InChI=1S/C14H14ClN3O/c1-8-5-10(15)3-4-11(8)14(19)18-13-6-9(2)12(16)7-17-13/h3-7H,16H2,1-2H3,(H,17,18,19). The van der Waals surface area contributed by atoms with Gasteiger partial charge in [-0.3, -0.25) is 4.79 Å². The summed E-state index contributed by atoms with van der Waals surface area (Å²) in [4.78, 5) is 16.2. The monoisotopic (exact) mass is 275 g/mol. The zero-order valence-electron chi connectivity index (χ0n) is 10.7. The molecule has 0 bridgehead atoms. The summed E-state index contributed by atoms with van der Waals surface area (Å²) in [5.74, 6) is 0.261. The number of halogens is 1. The molecule has 1 aromatic heterocycles. The number of nitrogens with one attached hydrogen (secondary N) is 1. The topological polar surface area (TPSA) is 68.0 Å². The van der Waals surface area contributed by atoms with Gasteiger partial charge in [-0.25, -0.2) is 4.98 Å². The zero-order chi connectivity index (χ0) is 14.0. The summed E-state index contributed by atoms with van der Waals surface area (Å²) in [5.41, 5.74) is 8.54. The van der Waals surface area contributed by atoms with E-state index in [2.05, 4.69) is 10.3 Å². The van der Waals surface area contributed by atoms with Crippen molar-refractivity contribution in [1.29, 1.82) is 0 Å². The molecule has 0 aliphatic rings. The minimum absolute atomic E-state index is 0.217. The lowest BCUT2D eigenvalue weighted by Crippen LogP contribution is -2.14. The summed E-state index contributed by atoms with van der Waals surface area (Å²) in [6.07, 6.45) is 1.53. The summed E-state index contributed by atoms with van der Waals surface area (Å²) < 4.78 is 0. The number of aryl methyl sites for hydroxylation is 2. The fraction of sp³-hybridized carbons (Fsp3) is 0.143. The van der Waals surface area contributed by atoms with Gasteiger partial charge in [0.05, 0.1) is 11.9 Å². The third-order valence-corrected chi connectivity index (χ3v) is 3.06. The highest BCUT2D eigenvalue weighted by Crippen LogP contribution is 2.18. The van der Waals surface area contributed by atoms with E-state index >= 15 is 0 Å². The fourth-order valence-corrected chi connectivity index (χ4v) is 1.93. The summed E-state index contributed by atoms with van der Waals surface area (Å²) in [6, 6.07) is 6.86. The Kier molecular flexibility index (Phi) is 3.71. The molecule has 0 saturated carbocycles. The van der Waals surface area contributed by atoms with Crippen LogP contribution in [0.25, 0.3) is 0 Å². The van der Waals surface area contributed by atoms with E-state index in [0.29, 0.717) is 22.1 Å². The first kappa shape index (κ1) is 13.4. The molecule has 3 N–H and O–H groups in total. The van der Waals surface area contributed by atoms with Gasteiger partial charge in [-0.15, -0.1) is 0 Å². The molecule has 5 heteroatoms. The van der Waals surface area contributed by atoms with Crippen LogP contribution in [0.1, 0.15) is 21.5 Å². The third-order valence-electron chi connectivity index (χ3n) is 2.83. The van der Waals surface area contributed by atoms with E-state index in [1.165, 1.54) is 6.20 Å². The lowest BCUT2D eigenvalue weighted by molar-refractivity contribution is 0.102. The molecule has 0 fully saturated rings. The Hall–Kier alpha value is -2.07. The number of anilines is 2. The van der Waals surface area contributed by atoms with Crippen LogP contribution in [0.15, 0.2) is 30.5 Å². The van der Waals surface area contributed by atoms with Crippen LogP contribution in [0.4, 0.5) is 11.5 Å². The zero-order valence-corrected chi connectivity index (χ0v) is 11.5. The molecule has 0 spiro atoms. The first-order chi connectivity index (χ1) is 8.97. The van der Waals surface area contributed by atoms with E-state index in [1.807, 2.05) is 13.8 Å². The molecule has 0 radical (unpaired) electrons. The van der Waals surface area contributed by atoms with Crippen molar-refractivity contribution in [3.63, 3.8) is 0 Å². The number of amides is 1. The second kappa shape index (κ2) is 5.28. The number of aromatic nitrogens is 1. The van der Waals surface area contributed by atoms with E-state index in [1.54, 1.807) is 24.3 Å². The first-order valence-corrected chi connectivity index (χ1v) is 6.15. The Labute approximate surface area is 116 Å². The van der Waals surface area contributed by atoms with E-state index in [0.717, 1.165) is 11.1 Å². The Bertz CT molecular complexity index is 641. The predicted molar refractivity (Wildman–Crippen MR) is 77.5 cm³/mol. The summed E-state index contributed by atoms with van der Waals surface area (Å²) in [5, 5.41) is 3.34. The van der Waals surface area contributed by atoms with Gasteiger partial charge in [-0.05, 0) is 49.2 Å². The molecular weight excluding hydrogens is 262 g/mol. The van der Waals surface area contributed by atoms with Crippen LogP contribution in [-0.2, 0) is 0 Å². The summed E-state index contributed by atoms with van der Waals surface area (Å²) in [7, 11) is 0. The molecule has 0 aliphatic carbocycles. The fourth-order valence-electron chi connectivity index (χ4n) is 1.70. The molecule has 4 nitrogen and oxygen atoms in total. The van der Waals surface area contributed by atoms with Crippen molar-refractivity contribution in [3.8, 4) is 0 Å². The second-order valence-electron chi connectivity index (χ2n) is 4.34. The molecule has 2 rings (SSSR count). The van der Waals surface area contributed by atoms with E-state index < -0.39 is 0 Å². The molecule has 98 valence electrons. The molecule has 0 saturated heterocycles. The number of nitrogens with zero attached hydrogens (tertiary/aromatic N) is 1. The lowest BCUT2D eigenvalue weighted by Gasteiger charge is -2.08. The number of hydrogen-bond donors (Lipinski definition) is 2. The number of nitrogen functional groups attached to an aromatic ring is 1. The van der Waals surface area contributed by atoms with Crippen LogP contribution in [0.2, 0.25) is 5.02 Å². The Morgan fingerprint density at radius 1 is 1.26 bits per heavy atom. The van der Waals surface area contributed by atoms with Crippen LogP contribution in [0.3, 0.4) is 0 Å². The molecule has 1 aromatic carbocycles. The number of rotatable bonds is 2. The number of hydrogen-bond acceptors (Lipinski definition) is 3. The summed E-state index contributed by atoms with van der Waals surface area (Å²) in [6.45, 7) is 3.70. The van der Waals surface area contributed by atoms with Crippen LogP contribution in [0.5, 0.6) is 0 Å². The number of carbonyl (C=O) groups excluding carboxylic acids is 1. The van der Waals surface area contributed by atoms with Gasteiger partial charge in [-0.1, -0.05) is 11.6 Å². The molecule has 2 aromatic rings. The highest BCUT2D eigenvalue weighted by atomic mass is 35.5. The van der Waals surface area contributed by atoms with E-state index in [9.17, 15) is 4.79 Å². The number of benzene rings is 1. The van der Waals surface area contributed by atoms with Gasteiger partial charge >= 0.3 is 0 Å². The average molecular weight is 276 g/mol. The quantitative estimate of drug-likeness (QED) is 0.884. The molecule has 1 heterocycles. The molecule has 1 amide bonds. The smallest absolute Gasteiger partial charge is 0.257 e. The van der Waals surface area contributed by atoms with Crippen LogP contribution in [0, 0.1) is 13.8 Å². The van der Waals surface area contributed by atoms with Crippen molar-refractivity contribution < 1.29 is 4.79 Å². The first-order valence-electron chi connectivity index (χ1n) is 5.77. The Morgan fingerprint density at radius 2 is 2.00 bits per heavy atom. The average Bonchev–Trinajstić information content (AvgIpc) is 2.33. The van der Waals surface area contributed by atoms with Crippen LogP contribution in [-0.4, -0.2) is 10.9 Å². The van der Waals surface area contributed by atoms with Crippen LogP contribution < -0.4 is 11.1 Å². The van der Waals surface area contributed by atoms with Crippen LogP contribution >= 0.6 is 11.6 Å². The minimum atomic E-state index is -0.217. The number of pyridine rings is 1. The Morgan fingerprint density at radius 3 is 2.63 bits per heavy atom. The maximum atomic E-state index is 12.1. The van der Waals surface area contributed by atoms with Gasteiger partial charge in [0, 0.05) is 10.6 Å². The van der Waals surface area contributed by atoms with Crippen molar-refractivity contribution in [2.45, 2.75) is 13.8 Å². The Balaban J connectivity index is 2.23. The molecule has 19 heavy (non-hydrogen) atoms. The van der Waals surface area contributed by atoms with Crippen molar-refractivity contribution in [3.05, 3.63) is 52.2 Å². The third kappa shape index (κ3) is 3.03. The second-order valence-corrected chi connectivity index (χ2v) is 4.78. The van der Waals surface area contributed by atoms with E-state index in [4.69, 9.17) is 17.3 Å². The molecule has 0 atom stereocenters. The molecular formula is C14H14ClN3O. The van der Waals surface area contributed by atoms with Crippen molar-refractivity contribution >= 4 is 29.0 Å². The summed E-state index contributed by atoms with van der Waals surface area (Å²) >= 11 is 5.86. The van der Waals surface area contributed by atoms with Crippen molar-refractivity contribution in [1.82, 2.24) is 4.98 Å². The van der Waals surface area contributed by atoms with Crippen molar-refractivity contribution in [2.24, 2.45) is 0 Å². The van der Waals surface area contributed by atoms with Gasteiger partial charge in [-0.2, -0.15) is 0 Å². The predicted octanol–water partition coefficient (Wildman–Crippen LogP) is 3.19. The van der Waals surface area contributed by atoms with E-state index in [-0.39, 0.29) is 5.91 Å². The normalized spacial score (nSPS) is 10.3. The van der Waals surface area contributed by atoms with Gasteiger partial charge in [0.1, 0.15) is 5.82 Å². The lowest BCUT2D eigenvalue weighted by atomic mass is 10.1. The maximum absolute atomic E-state index is 12.1. The largest absolute Gasteiger partial charge is 0.397 e. The maximum Gasteiger partial charge on any atom is 0.257 e. The van der Waals surface area contributed by atoms with Gasteiger partial charge in [0.2, 0.25) is 0 Å². The van der Waals surface area contributed by atoms with Gasteiger partial charge < -0.3 is 11.1 Å². The highest BCUT2D eigenvalue weighted by molar-refractivity contribution is 6.30. The highest BCUT2D eigenvalue weighted by Gasteiger charge is 2.10. The molecule has 0 unspecified atom stereocenters. The number of nitrogens with two attached hydrogens (primary N) is 1. The van der Waals surface area contributed by atoms with Gasteiger partial charge in [0.15, 0.2) is 0 Å². The van der Waals surface area contributed by atoms with Gasteiger partial charge in [0.25, 0.3) is 5.91 Å². The number of carbonyl (C=O) groups is 1. The SMILES string of the molecule is Cc1cc(NC(=O)c2ccc(Cl)cc2C)ncc1N. The minimum Gasteiger partial charge on any atom is -0.397 e.